The lowest BCUT2D eigenvalue weighted by molar-refractivity contribution is -0.385. The number of nitrogens with one attached hydrogen (secondary N) is 4. The molecule has 698 valence electrons. The largest absolute Gasteiger partial charge is 0.357 e. The normalized spacial score (nSPS) is 11.7. The summed E-state index contributed by atoms with van der Waals surface area (Å²) in [4.78, 5) is 112. The summed E-state index contributed by atoms with van der Waals surface area (Å²) >= 11 is 10.7. The number of Topliss-reactive ketones (excluding diaryl/α,β-unsaturated/α-hetero) is 1. The Labute approximate surface area is 815 Å². The van der Waals surface area contributed by atoms with Crippen molar-refractivity contribution in [2.45, 2.75) is 162 Å². The molecule has 5 heterocycles. The van der Waals surface area contributed by atoms with E-state index in [-0.39, 0.29) is 123 Å². The number of thiazole rings is 5. The molecule has 0 aliphatic heterocycles. The number of non-ortho nitro benzene ring substituents is 4. The third-order valence-corrected chi connectivity index (χ3v) is 25.6. The Balaban J connectivity index is 0.000000251. The molecule has 0 radical (unpaired) electrons. The molecule has 0 unspecified atom stereocenters. The van der Waals surface area contributed by atoms with Gasteiger partial charge in [0.05, 0.1) is 109 Å². The summed E-state index contributed by atoms with van der Waals surface area (Å²) in [7, 11) is -4.32. The number of carbonyl (C=O) groups excluding carboxylic acids is 4. The number of rotatable bonds is 37. The maximum absolute atomic E-state index is 12.6. The van der Waals surface area contributed by atoms with Crippen molar-refractivity contribution in [1.29, 1.82) is 0 Å². The molecule has 0 aliphatic rings. The maximum Gasteiger partial charge on any atom is 0.357 e. The third-order valence-electron chi connectivity index (χ3n) is 19.4. The number of hydrogen-bond acceptors (Lipinski definition) is 26. The summed E-state index contributed by atoms with van der Waals surface area (Å²) in [6.45, 7) is 12.1. The highest BCUT2D eigenvalue weighted by Gasteiger charge is 2.25. The number of nitro benzene ring substituents is 4. The zero-order valence-corrected chi connectivity index (χ0v) is 83.0. The van der Waals surface area contributed by atoms with Crippen molar-refractivity contribution in [3.8, 4) is 0 Å². The number of halogens is 3. The van der Waals surface area contributed by atoms with Crippen molar-refractivity contribution in [3.05, 3.63) is 378 Å². The molecule has 5 atom stereocenters. The lowest BCUT2D eigenvalue weighted by atomic mass is 10.0. The van der Waals surface area contributed by atoms with Crippen molar-refractivity contribution in [1.82, 2.24) is 40.9 Å². The molecular weight excluding hydrogens is 2000 g/mol. The predicted octanol–water partition coefficient (Wildman–Crippen LogP) is 20.3. The van der Waals surface area contributed by atoms with E-state index in [2.05, 4.69) is 70.6 Å². The summed E-state index contributed by atoms with van der Waals surface area (Å²) in [5.74, 6) is 0.0110. The first-order valence-electron chi connectivity index (χ1n) is 41.5. The number of nitrogens with zero attached hydrogens (tertiary/aromatic N) is 9. The summed E-state index contributed by atoms with van der Waals surface area (Å²) < 4.78 is 32.8. The molecule has 132 heavy (non-hydrogen) atoms. The zero-order chi connectivity index (χ0) is 94.1. The van der Waals surface area contributed by atoms with Gasteiger partial charge in [0, 0.05) is 81.9 Å². The fourth-order valence-corrected chi connectivity index (χ4v) is 17.8. The molecule has 13 rings (SSSR count). The Morgan fingerprint density at radius 1 is 0.364 bits per heavy atom. The van der Waals surface area contributed by atoms with Crippen LogP contribution in [0.5, 0.6) is 0 Å². The molecule has 3 amide bonds. The second-order valence-corrected chi connectivity index (χ2v) is 35.4. The first-order valence-corrected chi connectivity index (χ1v) is 48.5. The second-order valence-electron chi connectivity index (χ2n) is 29.2. The average Bonchev–Trinajstić information content (AvgIpc) is 1.67. The minimum atomic E-state index is -4.32. The number of ketones is 1. The standard InChI is InChI=1S/C21H23N3O4S2.2C21H21N3O3S.2C13H15N3O2S.C4H7BrO.2BrH/c1-2-17-14-29-21(22-17)19(23-20(25)13-15-6-4-3-5-7-15)12-16-8-10-18(11-9-16)24-30(26,27)28;2*1-2-17-14-28-21(22-17)19(12-16-8-10-18(11-9-16)24(26)27)23-20(25)13-15-6-4-3-5-7-15;2*1-2-10-8-19-13(15-10)12(14)7-9-3-5-11(6-4-9)16(17)18;1-2-4(6)3-5;;/h3-11,14,19,24H,2,12-13H2,1H3,(H,23,25)(H,26,27,28);2*3-11,14,19H,2,12-13H2,1H3,(H,23,25);2*3-6,8,12H,2,7,14H2,1H3;2-3H2,1H3;2*1H/t3*19-;2*12-;;;/m00000.../s1. The number of nitrogens with two attached hydrogens (primary N) is 2. The smallest absolute Gasteiger partial charge is 0.346 e. The SMILES string of the molecule is Br.Br.CCC(=O)CBr.CCc1csc([C@@H](N)Cc2ccc([N+](=O)[O-])cc2)n1.CCc1csc([C@@H](N)Cc2ccc([N+](=O)[O-])cc2)n1.CCc1csc([C@H](Cc2ccc(NS(=O)(=O)O)cc2)NC(=O)Cc2ccccc2)n1.CCc1csc([C@H](Cc2ccc([N+](=O)[O-])cc2)NC(=O)Cc2ccccc2)n1.CCc1csc([C@H](Cc2ccc([N+](=O)[O-])cc2)NC(=O)Cc2ccccc2)n1. The van der Waals surface area contributed by atoms with Gasteiger partial charge in [0.15, 0.2) is 0 Å². The molecule has 13 aromatic rings. The van der Waals surface area contributed by atoms with Gasteiger partial charge in [-0.1, -0.05) is 209 Å². The Hall–Kier alpha value is -11.3. The second kappa shape index (κ2) is 57.2. The molecule has 5 aromatic heterocycles. The fraction of sp³-hybridized carbons (Fsp3) is 0.280. The van der Waals surface area contributed by atoms with Crippen LogP contribution in [0.1, 0.15) is 176 Å². The van der Waals surface area contributed by atoms with Crippen LogP contribution in [0, 0.1) is 40.5 Å². The van der Waals surface area contributed by atoms with Crippen LogP contribution in [0.2, 0.25) is 0 Å². The molecule has 0 aliphatic carbocycles. The first kappa shape index (κ1) is 109. The molecule has 8 aromatic carbocycles. The number of aryl methyl sites for hydroxylation is 5. The zero-order valence-electron chi connectivity index (χ0n) is 73.1. The summed E-state index contributed by atoms with van der Waals surface area (Å²) in [6, 6.07) is 59.9. The summed E-state index contributed by atoms with van der Waals surface area (Å²) in [5, 5.41) is 66.9. The van der Waals surface area contributed by atoms with Gasteiger partial charge in [-0.3, -0.25) is 68.9 Å². The summed E-state index contributed by atoms with van der Waals surface area (Å²) in [5.41, 5.74) is 25.3. The van der Waals surface area contributed by atoms with Gasteiger partial charge in [-0.05, 0) is 121 Å². The average molecular weight is 2100 g/mol. The van der Waals surface area contributed by atoms with Crippen LogP contribution >= 0.6 is 107 Å². The van der Waals surface area contributed by atoms with E-state index in [1.165, 1.54) is 82.5 Å². The van der Waals surface area contributed by atoms with E-state index < -0.39 is 30.0 Å². The van der Waals surface area contributed by atoms with Gasteiger partial charge < -0.3 is 27.4 Å². The molecule has 9 N–H and O–H groups in total. The Kier molecular flexibility index (Phi) is 47.4. The number of aromatic nitrogens is 5. The highest BCUT2D eigenvalue weighted by atomic mass is 79.9. The number of alkyl halides is 1. The van der Waals surface area contributed by atoms with Crippen LogP contribution in [-0.2, 0) is 113 Å². The highest BCUT2D eigenvalue weighted by molar-refractivity contribution is 9.09. The van der Waals surface area contributed by atoms with Crippen LogP contribution in [0.4, 0.5) is 28.4 Å². The van der Waals surface area contributed by atoms with Crippen molar-refractivity contribution >= 4 is 169 Å². The van der Waals surface area contributed by atoms with Gasteiger partial charge in [-0.15, -0.1) is 90.6 Å². The minimum absolute atomic E-state index is 0. The monoisotopic (exact) mass is 2100 g/mol. The van der Waals surface area contributed by atoms with Crippen molar-refractivity contribution in [3.63, 3.8) is 0 Å². The molecule has 0 saturated heterocycles. The van der Waals surface area contributed by atoms with Crippen molar-refractivity contribution in [2.75, 3.05) is 10.1 Å². The molecule has 30 nitrogen and oxygen atoms in total. The van der Waals surface area contributed by atoms with Crippen molar-refractivity contribution < 1.29 is 51.8 Å². The number of anilines is 1. The van der Waals surface area contributed by atoms with Gasteiger partial charge in [0.2, 0.25) is 17.7 Å². The third kappa shape index (κ3) is 38.5. The number of hydrogen-bond donors (Lipinski definition) is 7. The van der Waals surface area contributed by atoms with E-state index in [9.17, 15) is 68.1 Å². The van der Waals surface area contributed by atoms with Crippen molar-refractivity contribution in [2.24, 2.45) is 11.5 Å². The first-order chi connectivity index (χ1) is 62.4. The van der Waals surface area contributed by atoms with E-state index in [4.69, 9.17) is 16.0 Å². The van der Waals surface area contributed by atoms with E-state index in [1.54, 1.807) is 95.5 Å². The topological polar surface area (TPSA) is 460 Å². The quantitative estimate of drug-likeness (QED) is 0.00823. The van der Waals surface area contributed by atoms with Crippen LogP contribution in [0.15, 0.2) is 239 Å². The van der Waals surface area contributed by atoms with E-state index in [0.717, 1.165) is 130 Å². The Morgan fingerprint density at radius 3 is 0.795 bits per heavy atom. The molecular formula is C93H104Br3N15O15S6. The molecule has 0 spiro atoms. The Morgan fingerprint density at radius 2 is 0.591 bits per heavy atom. The lowest BCUT2D eigenvalue weighted by Gasteiger charge is -2.17. The van der Waals surface area contributed by atoms with E-state index in [0.29, 0.717) is 56.7 Å². The maximum atomic E-state index is 12.6. The number of carbonyl (C=O) groups is 4. The molecule has 39 heteroatoms. The molecule has 0 bridgehead atoms. The van der Waals surface area contributed by atoms with Gasteiger partial charge in [-0.2, -0.15) is 8.42 Å². The lowest BCUT2D eigenvalue weighted by Crippen LogP contribution is -2.31. The van der Waals surface area contributed by atoms with Crippen LogP contribution in [-0.4, -0.2) is 86.4 Å². The van der Waals surface area contributed by atoms with Gasteiger partial charge in [0.1, 0.15) is 30.8 Å². The predicted molar refractivity (Wildman–Crippen MR) is 537 cm³/mol. The van der Waals surface area contributed by atoms with Crippen LogP contribution in [0.25, 0.3) is 0 Å². The number of amides is 3. The van der Waals surface area contributed by atoms with E-state index >= 15 is 0 Å². The highest BCUT2D eigenvalue weighted by Crippen LogP contribution is 2.30. The van der Waals surface area contributed by atoms with E-state index in [1.807, 2.05) is 150 Å². The fourth-order valence-electron chi connectivity index (χ4n) is 12.3. The Bertz CT molecular complexity index is 5600. The molecule has 0 saturated carbocycles. The van der Waals surface area contributed by atoms with Gasteiger partial charge in [0.25, 0.3) is 22.7 Å². The van der Waals surface area contributed by atoms with Gasteiger partial charge >= 0.3 is 10.3 Å². The number of benzene rings is 8. The van der Waals surface area contributed by atoms with Crippen LogP contribution in [0.3, 0.4) is 0 Å². The minimum Gasteiger partial charge on any atom is -0.346 e. The summed E-state index contributed by atoms with van der Waals surface area (Å²) in [6.07, 6.45) is 8.62. The van der Waals surface area contributed by atoms with Gasteiger partial charge in [-0.25, -0.2) is 24.9 Å². The number of nitro groups is 4. The van der Waals surface area contributed by atoms with Crippen LogP contribution < -0.4 is 32.1 Å². The molecule has 0 fully saturated rings.